The predicted molar refractivity (Wildman–Crippen MR) is 179 cm³/mol. The Kier molecular flexibility index (Phi) is 4.57. The van der Waals surface area contributed by atoms with Gasteiger partial charge in [-0.1, -0.05) is 97.1 Å². The number of hydrogen-bond acceptors (Lipinski definition) is 4. The Labute approximate surface area is 249 Å². The summed E-state index contributed by atoms with van der Waals surface area (Å²) >= 11 is 1.83. The van der Waals surface area contributed by atoms with Crippen LogP contribution in [0.25, 0.3) is 92.0 Å². The number of furan rings is 1. The molecule has 4 aromatic heterocycles. The van der Waals surface area contributed by atoms with Crippen LogP contribution >= 0.6 is 11.3 Å². The van der Waals surface area contributed by atoms with Crippen molar-refractivity contribution in [1.29, 1.82) is 0 Å². The lowest BCUT2D eigenvalue weighted by Crippen LogP contribution is -2.02. The van der Waals surface area contributed by atoms with E-state index in [4.69, 9.17) is 14.4 Å². The maximum absolute atomic E-state index is 6.55. The lowest BCUT2D eigenvalue weighted by atomic mass is 10.1. The second-order valence-corrected chi connectivity index (χ2v) is 12.1. The van der Waals surface area contributed by atoms with Gasteiger partial charge >= 0.3 is 0 Å². The first-order valence-electron chi connectivity index (χ1n) is 14.3. The normalized spacial score (nSPS) is 12.2. The van der Waals surface area contributed by atoms with Gasteiger partial charge in [0.25, 0.3) is 0 Å². The Morgan fingerprint density at radius 3 is 2.23 bits per heavy atom. The summed E-state index contributed by atoms with van der Waals surface area (Å²) in [5, 5.41) is 8.24. The maximum Gasteiger partial charge on any atom is 0.236 e. The van der Waals surface area contributed by atoms with Crippen LogP contribution in [-0.4, -0.2) is 14.5 Å². The highest BCUT2D eigenvalue weighted by molar-refractivity contribution is 7.25. The molecular weight excluding hydrogens is 547 g/mol. The molecule has 10 rings (SSSR count). The third-order valence-electron chi connectivity index (χ3n) is 8.61. The smallest absolute Gasteiger partial charge is 0.236 e. The molecule has 0 aliphatic rings. The highest BCUT2D eigenvalue weighted by Gasteiger charge is 2.22. The molecule has 4 nitrogen and oxygen atoms in total. The molecule has 200 valence electrons. The molecule has 43 heavy (non-hydrogen) atoms. The van der Waals surface area contributed by atoms with Crippen LogP contribution in [0.4, 0.5) is 0 Å². The van der Waals surface area contributed by atoms with Crippen LogP contribution in [0.1, 0.15) is 0 Å². The lowest BCUT2D eigenvalue weighted by Gasteiger charge is -2.09. The summed E-state index contributed by atoms with van der Waals surface area (Å²) in [6, 6.07) is 44.7. The van der Waals surface area contributed by atoms with Gasteiger partial charge in [0.1, 0.15) is 16.8 Å². The molecule has 10 aromatic rings. The average Bonchev–Trinajstić information content (AvgIpc) is 3.73. The zero-order valence-corrected chi connectivity index (χ0v) is 23.6. The highest BCUT2D eigenvalue weighted by atomic mass is 32.1. The Morgan fingerprint density at radius 2 is 1.33 bits per heavy atom. The van der Waals surface area contributed by atoms with E-state index in [1.807, 2.05) is 35.6 Å². The number of benzene rings is 6. The molecule has 0 radical (unpaired) electrons. The third-order valence-corrected chi connectivity index (χ3v) is 9.75. The van der Waals surface area contributed by atoms with Crippen LogP contribution in [0.5, 0.6) is 0 Å². The van der Waals surface area contributed by atoms with Crippen LogP contribution in [0.15, 0.2) is 132 Å². The minimum Gasteiger partial charge on any atom is -0.452 e. The molecular formula is C38H21N3OS. The lowest BCUT2D eigenvalue weighted by molar-refractivity contribution is 0.667. The van der Waals surface area contributed by atoms with Crippen molar-refractivity contribution in [2.45, 2.75) is 0 Å². The zero-order chi connectivity index (χ0) is 28.1. The van der Waals surface area contributed by atoms with Crippen molar-refractivity contribution in [3.05, 3.63) is 127 Å². The van der Waals surface area contributed by atoms with E-state index < -0.39 is 0 Å². The molecule has 0 bridgehead atoms. The summed E-state index contributed by atoms with van der Waals surface area (Å²) in [4.78, 5) is 10.6. The van der Waals surface area contributed by atoms with Crippen molar-refractivity contribution in [2.24, 2.45) is 0 Å². The van der Waals surface area contributed by atoms with E-state index in [9.17, 15) is 0 Å². The van der Waals surface area contributed by atoms with Gasteiger partial charge in [-0.25, -0.2) is 9.97 Å². The predicted octanol–water partition coefficient (Wildman–Crippen LogP) is 10.7. The van der Waals surface area contributed by atoms with Crippen molar-refractivity contribution >= 4 is 86.2 Å². The largest absolute Gasteiger partial charge is 0.452 e. The minimum atomic E-state index is 0.633. The topological polar surface area (TPSA) is 43.9 Å². The number of fused-ring (bicyclic) bond motifs is 11. The van der Waals surface area contributed by atoms with Crippen molar-refractivity contribution < 1.29 is 4.42 Å². The summed E-state index contributed by atoms with van der Waals surface area (Å²) in [5.74, 6) is 0.633. The molecule has 0 saturated heterocycles. The van der Waals surface area contributed by atoms with E-state index in [1.165, 1.54) is 30.9 Å². The maximum atomic E-state index is 6.55. The van der Waals surface area contributed by atoms with Crippen molar-refractivity contribution in [1.82, 2.24) is 14.5 Å². The van der Waals surface area contributed by atoms with E-state index in [2.05, 4.69) is 108 Å². The molecule has 0 atom stereocenters. The average molecular weight is 568 g/mol. The van der Waals surface area contributed by atoms with Gasteiger partial charge in [-0.15, -0.1) is 11.3 Å². The Balaban J connectivity index is 1.38. The Bertz CT molecular complexity index is 2730. The van der Waals surface area contributed by atoms with E-state index in [0.717, 1.165) is 49.5 Å². The summed E-state index contributed by atoms with van der Waals surface area (Å²) in [7, 11) is 0. The standard InChI is InChI=1S/C38H21N3OS/c1-2-11-23(12-3-1)35-37-36(34-24-13-5-4-10-22(24)18-19-31(34)42-37)40-38(39-35)41-29-16-8-6-14-25(29)27-20-28-26-15-7-9-17-32(26)43-33(28)21-30(27)41/h1-21H. The SMILES string of the molecule is c1ccc(-c2nc(-n3c4ccccc4c4cc5c(cc43)sc3ccccc35)nc3c2oc2ccc4ccccc4c23)cc1. The van der Waals surface area contributed by atoms with Crippen LogP contribution in [0.3, 0.4) is 0 Å². The first-order chi connectivity index (χ1) is 21.3. The van der Waals surface area contributed by atoms with Crippen LogP contribution in [0, 0.1) is 0 Å². The van der Waals surface area contributed by atoms with Gasteiger partial charge in [-0.3, -0.25) is 4.57 Å². The Morgan fingerprint density at radius 1 is 0.558 bits per heavy atom. The molecule has 0 amide bonds. The number of nitrogens with zero attached hydrogens (tertiary/aromatic N) is 3. The molecule has 6 aromatic carbocycles. The fourth-order valence-corrected chi connectivity index (χ4v) is 7.81. The molecule has 0 saturated carbocycles. The van der Waals surface area contributed by atoms with Crippen molar-refractivity contribution in [3.8, 4) is 17.2 Å². The summed E-state index contributed by atoms with van der Waals surface area (Å²) in [6.45, 7) is 0. The minimum absolute atomic E-state index is 0.633. The number of hydrogen-bond donors (Lipinski definition) is 0. The first kappa shape index (κ1) is 23.1. The van der Waals surface area contributed by atoms with Crippen LogP contribution in [0.2, 0.25) is 0 Å². The van der Waals surface area contributed by atoms with Gasteiger partial charge in [-0.05, 0) is 41.1 Å². The van der Waals surface area contributed by atoms with Crippen LogP contribution in [-0.2, 0) is 0 Å². The van der Waals surface area contributed by atoms with Gasteiger partial charge in [0, 0.05) is 36.5 Å². The van der Waals surface area contributed by atoms with Crippen molar-refractivity contribution in [3.63, 3.8) is 0 Å². The van der Waals surface area contributed by atoms with E-state index in [1.54, 1.807) is 0 Å². The number of aromatic nitrogens is 3. The Hall–Kier alpha value is -5.52. The number of thiophene rings is 1. The number of rotatable bonds is 2. The summed E-state index contributed by atoms with van der Waals surface area (Å²) in [5.41, 5.74) is 6.29. The second-order valence-electron chi connectivity index (χ2n) is 11.0. The molecule has 0 aliphatic heterocycles. The van der Waals surface area contributed by atoms with Gasteiger partial charge in [0.15, 0.2) is 5.58 Å². The molecule has 0 N–H and O–H groups in total. The van der Waals surface area contributed by atoms with Gasteiger partial charge in [0.05, 0.1) is 16.4 Å². The second kappa shape index (κ2) is 8.51. The number of para-hydroxylation sites is 1. The molecule has 0 unspecified atom stereocenters. The zero-order valence-electron chi connectivity index (χ0n) is 22.8. The summed E-state index contributed by atoms with van der Waals surface area (Å²) in [6.07, 6.45) is 0. The monoisotopic (exact) mass is 567 g/mol. The molecule has 4 heterocycles. The van der Waals surface area contributed by atoms with Crippen LogP contribution < -0.4 is 0 Å². The van der Waals surface area contributed by atoms with Gasteiger partial charge in [-0.2, -0.15) is 0 Å². The molecule has 0 spiro atoms. The summed E-state index contributed by atoms with van der Waals surface area (Å²) < 4.78 is 11.3. The van der Waals surface area contributed by atoms with E-state index >= 15 is 0 Å². The van der Waals surface area contributed by atoms with E-state index in [-0.39, 0.29) is 0 Å². The quantitative estimate of drug-likeness (QED) is 0.209. The van der Waals surface area contributed by atoms with Crippen molar-refractivity contribution in [2.75, 3.05) is 0 Å². The van der Waals surface area contributed by atoms with Gasteiger partial charge in [0.2, 0.25) is 5.95 Å². The molecule has 0 fully saturated rings. The first-order valence-corrected chi connectivity index (χ1v) is 15.2. The fourth-order valence-electron chi connectivity index (χ4n) is 6.69. The van der Waals surface area contributed by atoms with E-state index in [0.29, 0.717) is 11.5 Å². The molecule has 0 aliphatic carbocycles. The highest BCUT2D eigenvalue weighted by Crippen LogP contribution is 2.42. The third kappa shape index (κ3) is 3.20. The fraction of sp³-hybridized carbons (Fsp3) is 0. The molecule has 5 heteroatoms. The van der Waals surface area contributed by atoms with Gasteiger partial charge < -0.3 is 4.42 Å².